The number of anilines is 2. The molecule has 0 unspecified atom stereocenters. The van der Waals surface area contributed by atoms with Crippen LogP contribution in [0.1, 0.15) is 5.76 Å². The predicted molar refractivity (Wildman–Crippen MR) is 92.1 cm³/mol. The van der Waals surface area contributed by atoms with E-state index in [2.05, 4.69) is 20.4 Å². The highest BCUT2D eigenvalue weighted by Crippen LogP contribution is 2.29. The second-order valence-corrected chi connectivity index (χ2v) is 5.49. The minimum Gasteiger partial charge on any atom is -0.496 e. The molecule has 0 aliphatic heterocycles. The van der Waals surface area contributed by atoms with E-state index in [4.69, 9.17) is 9.26 Å². The quantitative estimate of drug-likeness (QED) is 0.737. The van der Waals surface area contributed by atoms with E-state index in [1.807, 2.05) is 24.3 Å². The van der Waals surface area contributed by atoms with Crippen LogP contribution in [0.2, 0.25) is 0 Å². The van der Waals surface area contributed by atoms with Crippen molar-refractivity contribution >= 4 is 11.8 Å². The van der Waals surface area contributed by atoms with Crippen LogP contribution in [0.3, 0.4) is 0 Å². The number of halogens is 1. The molecule has 0 saturated carbocycles. The first kappa shape index (κ1) is 16.7. The number of nitrogens with one attached hydrogen (secondary N) is 1. The number of nitrogens with zero attached hydrogens (tertiary/aromatic N) is 4. The molecule has 8 heteroatoms. The molecule has 3 rings (SSSR count). The fourth-order valence-electron chi connectivity index (χ4n) is 2.30. The zero-order valence-electron chi connectivity index (χ0n) is 14.2. The van der Waals surface area contributed by atoms with Crippen molar-refractivity contribution in [2.75, 3.05) is 31.4 Å². The predicted octanol–water partition coefficient (Wildman–Crippen LogP) is 2.96. The molecule has 0 saturated heterocycles. The summed E-state index contributed by atoms with van der Waals surface area (Å²) in [6.45, 7) is 0.320. The van der Waals surface area contributed by atoms with Crippen molar-refractivity contribution in [3.63, 3.8) is 0 Å². The molecular weight excluding hydrogens is 325 g/mol. The third kappa shape index (κ3) is 3.68. The normalized spacial score (nSPS) is 10.6. The number of benzene rings is 1. The lowest BCUT2D eigenvalue weighted by Gasteiger charge is -2.12. The number of hydrogen-bond acceptors (Lipinski definition) is 7. The van der Waals surface area contributed by atoms with E-state index in [0.717, 1.165) is 11.8 Å². The number of ether oxygens (including phenoxy) is 1. The van der Waals surface area contributed by atoms with Gasteiger partial charge in [0, 0.05) is 25.7 Å². The molecule has 2 aromatic heterocycles. The Kier molecular flexibility index (Phi) is 4.78. The topological polar surface area (TPSA) is 76.3 Å². The van der Waals surface area contributed by atoms with Crippen molar-refractivity contribution in [1.82, 2.24) is 15.1 Å². The number of hydrogen-bond donors (Lipinski definition) is 1. The second-order valence-electron chi connectivity index (χ2n) is 5.49. The van der Waals surface area contributed by atoms with E-state index in [1.54, 1.807) is 32.2 Å². The Hall–Kier alpha value is -3.16. The maximum atomic E-state index is 13.6. The lowest BCUT2D eigenvalue weighted by Crippen LogP contribution is -2.14. The van der Waals surface area contributed by atoms with Crippen molar-refractivity contribution in [1.29, 1.82) is 0 Å². The molecule has 25 heavy (non-hydrogen) atoms. The van der Waals surface area contributed by atoms with Crippen molar-refractivity contribution in [3.05, 3.63) is 48.1 Å². The molecule has 7 nitrogen and oxygen atoms in total. The van der Waals surface area contributed by atoms with Crippen LogP contribution in [0.15, 0.2) is 41.1 Å². The van der Waals surface area contributed by atoms with Gasteiger partial charge in [0.05, 0.1) is 19.9 Å². The summed E-state index contributed by atoms with van der Waals surface area (Å²) in [6, 6.07) is 9.36. The molecule has 0 radical (unpaired) electrons. The number of para-hydroxylation sites is 1. The number of aromatic nitrogens is 3. The zero-order chi connectivity index (χ0) is 17.8. The van der Waals surface area contributed by atoms with Gasteiger partial charge in [-0.1, -0.05) is 17.3 Å². The highest BCUT2D eigenvalue weighted by Gasteiger charge is 2.12. The Balaban J connectivity index is 1.73. The van der Waals surface area contributed by atoms with Gasteiger partial charge in [-0.25, -0.2) is 9.37 Å². The van der Waals surface area contributed by atoms with Gasteiger partial charge in [0.1, 0.15) is 11.4 Å². The van der Waals surface area contributed by atoms with E-state index in [0.29, 0.717) is 29.7 Å². The van der Waals surface area contributed by atoms with Crippen LogP contribution >= 0.6 is 0 Å². The molecule has 0 aliphatic carbocycles. The largest absolute Gasteiger partial charge is 0.496 e. The Labute approximate surface area is 144 Å². The zero-order valence-corrected chi connectivity index (χ0v) is 14.2. The smallest absolute Gasteiger partial charge is 0.225 e. The molecule has 3 aromatic rings. The molecule has 130 valence electrons. The molecule has 0 aliphatic rings. The molecule has 0 bridgehead atoms. The Morgan fingerprint density at radius 3 is 2.84 bits per heavy atom. The fourth-order valence-corrected chi connectivity index (χ4v) is 2.30. The summed E-state index contributed by atoms with van der Waals surface area (Å²) >= 11 is 0. The Morgan fingerprint density at radius 1 is 1.28 bits per heavy atom. The van der Waals surface area contributed by atoms with Crippen LogP contribution in [-0.4, -0.2) is 36.3 Å². The lowest BCUT2D eigenvalue weighted by atomic mass is 10.1. The minimum absolute atomic E-state index is 0.213. The SMILES string of the molecule is COc1ccccc1-c1cc(CNc2ncc(F)c(N(C)C)n2)on1. The highest BCUT2D eigenvalue weighted by atomic mass is 19.1. The maximum Gasteiger partial charge on any atom is 0.225 e. The van der Waals surface area contributed by atoms with Crippen LogP contribution in [0, 0.1) is 5.82 Å². The summed E-state index contributed by atoms with van der Waals surface area (Å²) in [5.41, 5.74) is 1.51. The first-order chi connectivity index (χ1) is 12.1. The van der Waals surface area contributed by atoms with Gasteiger partial charge < -0.3 is 19.5 Å². The van der Waals surface area contributed by atoms with Gasteiger partial charge >= 0.3 is 0 Å². The van der Waals surface area contributed by atoms with E-state index in [1.165, 1.54) is 0 Å². The average molecular weight is 343 g/mol. The van der Waals surface area contributed by atoms with Gasteiger partial charge in [0.25, 0.3) is 0 Å². The van der Waals surface area contributed by atoms with E-state index in [-0.39, 0.29) is 5.82 Å². The first-order valence-corrected chi connectivity index (χ1v) is 7.61. The van der Waals surface area contributed by atoms with Crippen LogP contribution < -0.4 is 15.0 Å². The van der Waals surface area contributed by atoms with Crippen molar-refractivity contribution in [2.45, 2.75) is 6.54 Å². The van der Waals surface area contributed by atoms with E-state index >= 15 is 0 Å². The minimum atomic E-state index is -0.478. The van der Waals surface area contributed by atoms with E-state index < -0.39 is 5.82 Å². The summed E-state index contributed by atoms with van der Waals surface area (Å²) in [4.78, 5) is 9.63. The molecule has 1 N–H and O–H groups in total. The van der Waals surface area contributed by atoms with Crippen molar-refractivity contribution in [3.8, 4) is 17.0 Å². The van der Waals surface area contributed by atoms with Gasteiger partial charge in [0.2, 0.25) is 5.95 Å². The third-order valence-electron chi connectivity index (χ3n) is 3.51. The van der Waals surface area contributed by atoms with Crippen LogP contribution in [0.25, 0.3) is 11.3 Å². The van der Waals surface area contributed by atoms with Crippen LogP contribution in [0.4, 0.5) is 16.2 Å². The molecule has 2 heterocycles. The Morgan fingerprint density at radius 2 is 2.08 bits per heavy atom. The first-order valence-electron chi connectivity index (χ1n) is 7.61. The fraction of sp³-hybridized carbons (Fsp3) is 0.235. The summed E-state index contributed by atoms with van der Waals surface area (Å²) in [7, 11) is 5.03. The highest BCUT2D eigenvalue weighted by molar-refractivity contribution is 5.66. The standard InChI is InChI=1S/C17H18FN5O2/c1-23(2)16-13(18)10-20-17(21-16)19-9-11-8-14(22-25-11)12-6-4-5-7-15(12)24-3/h4-8,10H,9H2,1-3H3,(H,19,20,21). The van der Waals surface area contributed by atoms with Gasteiger partial charge in [-0.3, -0.25) is 0 Å². The van der Waals surface area contributed by atoms with Crippen LogP contribution in [-0.2, 0) is 6.54 Å². The van der Waals surface area contributed by atoms with Gasteiger partial charge in [-0.2, -0.15) is 4.98 Å². The molecule has 0 fully saturated rings. The maximum absolute atomic E-state index is 13.6. The summed E-state index contributed by atoms with van der Waals surface area (Å²) in [5.74, 6) is 1.35. The third-order valence-corrected chi connectivity index (χ3v) is 3.51. The average Bonchev–Trinajstić information content (AvgIpc) is 3.09. The van der Waals surface area contributed by atoms with Gasteiger partial charge in [-0.05, 0) is 12.1 Å². The monoisotopic (exact) mass is 343 g/mol. The molecule has 0 spiro atoms. The molecular formula is C17H18FN5O2. The van der Waals surface area contributed by atoms with Crippen molar-refractivity contribution < 1.29 is 13.7 Å². The van der Waals surface area contributed by atoms with E-state index in [9.17, 15) is 4.39 Å². The second kappa shape index (κ2) is 7.16. The number of rotatable bonds is 6. The Bertz CT molecular complexity index is 866. The lowest BCUT2D eigenvalue weighted by molar-refractivity contribution is 0.388. The van der Waals surface area contributed by atoms with Gasteiger partial charge in [0.15, 0.2) is 17.4 Å². The summed E-state index contributed by atoms with van der Waals surface area (Å²) in [6.07, 6.45) is 1.13. The molecule has 0 atom stereocenters. The van der Waals surface area contributed by atoms with Crippen molar-refractivity contribution in [2.24, 2.45) is 0 Å². The van der Waals surface area contributed by atoms with Gasteiger partial charge in [-0.15, -0.1) is 0 Å². The number of methoxy groups -OCH3 is 1. The summed E-state index contributed by atoms with van der Waals surface area (Å²) < 4.78 is 24.3. The van der Waals surface area contributed by atoms with Crippen LogP contribution in [0.5, 0.6) is 5.75 Å². The molecule has 1 aromatic carbocycles. The molecule has 0 amide bonds. The summed E-state index contributed by atoms with van der Waals surface area (Å²) in [5, 5.41) is 7.06.